The highest BCUT2D eigenvalue weighted by Gasteiger charge is 2.33. The average molecular weight is 355 g/mol. The number of ketones is 1. The summed E-state index contributed by atoms with van der Waals surface area (Å²) in [5.41, 5.74) is 0.862. The van der Waals surface area contributed by atoms with E-state index in [0.29, 0.717) is 60.1 Å². The predicted molar refractivity (Wildman–Crippen MR) is 94.0 cm³/mol. The van der Waals surface area contributed by atoms with Crippen LogP contribution in [0.3, 0.4) is 0 Å². The normalized spacial score (nSPS) is 18.4. The number of hydrogen-bond acceptors (Lipinski definition) is 5. The molecule has 136 valence electrons. The van der Waals surface area contributed by atoms with Gasteiger partial charge in [0.15, 0.2) is 23.4 Å². The van der Waals surface area contributed by atoms with E-state index in [-0.39, 0.29) is 17.8 Å². The number of para-hydroxylation sites is 2. The van der Waals surface area contributed by atoms with E-state index >= 15 is 0 Å². The number of rotatable bonds is 3. The molecule has 0 saturated heterocycles. The SMILES string of the molecule is Cc1oc2c(c1C(=O)N(C)C[C@@H]1COc3ccccc3O1)C(=O)CCC2. The molecule has 1 aromatic heterocycles. The van der Waals surface area contributed by atoms with Crippen LogP contribution < -0.4 is 9.47 Å². The number of fused-ring (bicyclic) bond motifs is 2. The van der Waals surface area contributed by atoms with Crippen LogP contribution in [0.4, 0.5) is 0 Å². The molecule has 1 aliphatic heterocycles. The van der Waals surface area contributed by atoms with Crippen LogP contribution in [0.15, 0.2) is 28.7 Å². The van der Waals surface area contributed by atoms with E-state index in [1.54, 1.807) is 18.9 Å². The van der Waals surface area contributed by atoms with Crippen molar-refractivity contribution in [2.45, 2.75) is 32.3 Å². The highest BCUT2D eigenvalue weighted by Crippen LogP contribution is 2.32. The minimum absolute atomic E-state index is 0.00831. The van der Waals surface area contributed by atoms with Gasteiger partial charge in [0, 0.05) is 19.9 Å². The van der Waals surface area contributed by atoms with Crippen LogP contribution in [-0.4, -0.2) is 42.9 Å². The molecule has 6 heteroatoms. The van der Waals surface area contributed by atoms with Crippen molar-refractivity contribution < 1.29 is 23.5 Å². The second-order valence-corrected chi connectivity index (χ2v) is 6.79. The molecule has 0 N–H and O–H groups in total. The van der Waals surface area contributed by atoms with Crippen LogP contribution in [0.25, 0.3) is 0 Å². The molecule has 1 aliphatic carbocycles. The molecule has 0 bridgehead atoms. The molecule has 2 aliphatic rings. The van der Waals surface area contributed by atoms with Crippen molar-refractivity contribution in [3.05, 3.63) is 46.9 Å². The Hall–Kier alpha value is -2.76. The Balaban J connectivity index is 1.51. The second-order valence-electron chi connectivity index (χ2n) is 6.79. The van der Waals surface area contributed by atoms with Crippen LogP contribution in [0, 0.1) is 6.92 Å². The molecule has 0 saturated carbocycles. The molecule has 2 heterocycles. The van der Waals surface area contributed by atoms with Gasteiger partial charge in [-0.1, -0.05) is 12.1 Å². The average Bonchev–Trinajstić information content (AvgIpc) is 2.98. The maximum atomic E-state index is 13.0. The molecule has 1 aromatic carbocycles. The van der Waals surface area contributed by atoms with Gasteiger partial charge >= 0.3 is 0 Å². The van der Waals surface area contributed by atoms with Crippen LogP contribution in [0.5, 0.6) is 11.5 Å². The largest absolute Gasteiger partial charge is 0.486 e. The van der Waals surface area contributed by atoms with Gasteiger partial charge in [-0.3, -0.25) is 9.59 Å². The molecule has 0 unspecified atom stereocenters. The Bertz CT molecular complexity index is 869. The van der Waals surface area contributed by atoms with Crippen molar-refractivity contribution in [2.75, 3.05) is 20.2 Å². The number of Topliss-reactive ketones (excluding diaryl/α,β-unsaturated/α-hetero) is 1. The van der Waals surface area contributed by atoms with Crippen LogP contribution in [0.2, 0.25) is 0 Å². The van der Waals surface area contributed by atoms with Gasteiger partial charge in [-0.2, -0.15) is 0 Å². The number of ether oxygens (including phenoxy) is 2. The first-order chi connectivity index (χ1) is 12.5. The van der Waals surface area contributed by atoms with E-state index in [4.69, 9.17) is 13.9 Å². The number of carbonyl (C=O) groups excluding carboxylic acids is 2. The van der Waals surface area contributed by atoms with Gasteiger partial charge < -0.3 is 18.8 Å². The first-order valence-corrected chi connectivity index (χ1v) is 8.84. The fourth-order valence-corrected chi connectivity index (χ4v) is 3.60. The van der Waals surface area contributed by atoms with Crippen molar-refractivity contribution >= 4 is 11.7 Å². The van der Waals surface area contributed by atoms with E-state index in [0.717, 1.165) is 6.42 Å². The minimum atomic E-state index is -0.266. The van der Waals surface area contributed by atoms with Gasteiger partial charge in [-0.15, -0.1) is 0 Å². The highest BCUT2D eigenvalue weighted by molar-refractivity contribution is 6.09. The van der Waals surface area contributed by atoms with Gasteiger partial charge in [0.05, 0.1) is 17.7 Å². The monoisotopic (exact) mass is 355 g/mol. The molecule has 1 atom stereocenters. The molecule has 0 radical (unpaired) electrons. The predicted octanol–water partition coefficient (Wildman–Crippen LogP) is 3.02. The molecule has 0 fully saturated rings. The van der Waals surface area contributed by atoms with E-state index < -0.39 is 0 Å². The fraction of sp³-hybridized carbons (Fsp3) is 0.400. The quantitative estimate of drug-likeness (QED) is 0.846. The Labute approximate surface area is 151 Å². The third-order valence-corrected chi connectivity index (χ3v) is 4.85. The number of nitrogens with zero attached hydrogens (tertiary/aromatic N) is 1. The van der Waals surface area contributed by atoms with Gasteiger partial charge in [-0.05, 0) is 25.5 Å². The number of aryl methyl sites for hydroxylation is 2. The Morgan fingerprint density at radius 2 is 2.00 bits per heavy atom. The lowest BCUT2D eigenvalue weighted by Gasteiger charge is -2.29. The molecule has 4 rings (SSSR count). The summed E-state index contributed by atoms with van der Waals surface area (Å²) < 4.78 is 17.3. The molecule has 26 heavy (non-hydrogen) atoms. The summed E-state index contributed by atoms with van der Waals surface area (Å²) >= 11 is 0. The van der Waals surface area contributed by atoms with E-state index in [2.05, 4.69) is 0 Å². The number of hydrogen-bond donors (Lipinski definition) is 0. The maximum absolute atomic E-state index is 13.0. The minimum Gasteiger partial charge on any atom is -0.486 e. The number of benzene rings is 1. The van der Waals surface area contributed by atoms with Crippen LogP contribution in [-0.2, 0) is 6.42 Å². The van der Waals surface area contributed by atoms with E-state index in [9.17, 15) is 9.59 Å². The van der Waals surface area contributed by atoms with Gasteiger partial charge in [0.2, 0.25) is 0 Å². The molecule has 1 amide bonds. The zero-order valence-corrected chi connectivity index (χ0v) is 14.9. The van der Waals surface area contributed by atoms with E-state index in [1.165, 1.54) is 0 Å². The molecule has 6 nitrogen and oxygen atoms in total. The summed E-state index contributed by atoms with van der Waals surface area (Å²) in [6, 6.07) is 7.47. The first-order valence-electron chi connectivity index (χ1n) is 8.84. The molecular formula is C20H21NO5. The Morgan fingerprint density at radius 3 is 2.81 bits per heavy atom. The zero-order chi connectivity index (χ0) is 18.3. The number of amides is 1. The number of carbonyl (C=O) groups is 2. The van der Waals surface area contributed by atoms with Gasteiger partial charge in [-0.25, -0.2) is 0 Å². The topological polar surface area (TPSA) is 69.0 Å². The Kier molecular flexibility index (Phi) is 4.18. The highest BCUT2D eigenvalue weighted by atomic mass is 16.6. The fourth-order valence-electron chi connectivity index (χ4n) is 3.60. The van der Waals surface area contributed by atoms with Gasteiger partial charge in [0.1, 0.15) is 18.1 Å². The van der Waals surface area contributed by atoms with Crippen molar-refractivity contribution in [3.8, 4) is 11.5 Å². The summed E-state index contributed by atoms with van der Waals surface area (Å²) in [6.07, 6.45) is 1.67. The third-order valence-electron chi connectivity index (χ3n) is 4.85. The zero-order valence-electron chi connectivity index (χ0n) is 14.9. The summed E-state index contributed by atoms with van der Waals surface area (Å²) in [5, 5.41) is 0. The van der Waals surface area contributed by atoms with Gasteiger partial charge in [0.25, 0.3) is 5.91 Å². The van der Waals surface area contributed by atoms with E-state index in [1.807, 2.05) is 24.3 Å². The lowest BCUT2D eigenvalue weighted by atomic mass is 9.93. The Morgan fingerprint density at radius 1 is 1.23 bits per heavy atom. The molecule has 2 aromatic rings. The van der Waals surface area contributed by atoms with Crippen LogP contribution >= 0.6 is 0 Å². The third kappa shape index (κ3) is 2.85. The van der Waals surface area contributed by atoms with Crippen molar-refractivity contribution in [1.82, 2.24) is 4.90 Å². The lowest BCUT2D eigenvalue weighted by molar-refractivity contribution is 0.0518. The number of furan rings is 1. The lowest BCUT2D eigenvalue weighted by Crippen LogP contribution is -2.42. The summed E-state index contributed by atoms with van der Waals surface area (Å²) in [7, 11) is 1.71. The summed E-state index contributed by atoms with van der Waals surface area (Å²) in [5.74, 6) is 2.31. The maximum Gasteiger partial charge on any atom is 0.258 e. The number of likely N-dealkylation sites (N-methyl/N-ethyl adjacent to an activating group) is 1. The smallest absolute Gasteiger partial charge is 0.258 e. The first kappa shape index (κ1) is 16.7. The van der Waals surface area contributed by atoms with Crippen molar-refractivity contribution in [3.63, 3.8) is 0 Å². The molecule has 0 spiro atoms. The van der Waals surface area contributed by atoms with Crippen molar-refractivity contribution in [1.29, 1.82) is 0 Å². The van der Waals surface area contributed by atoms with Crippen LogP contribution in [0.1, 0.15) is 45.1 Å². The summed E-state index contributed by atoms with van der Waals surface area (Å²) in [6.45, 7) is 2.47. The summed E-state index contributed by atoms with van der Waals surface area (Å²) in [4.78, 5) is 26.9. The van der Waals surface area contributed by atoms with Crippen molar-refractivity contribution in [2.24, 2.45) is 0 Å². The molecular weight excluding hydrogens is 334 g/mol. The second kappa shape index (κ2) is 6.52. The standard InChI is InChI=1S/C20H21NO5/c1-12-18(19-14(22)6-5-9-17(19)25-12)20(23)21(2)10-13-11-24-15-7-3-4-8-16(15)26-13/h3-4,7-8,13H,5-6,9-11H2,1-2H3/t13-/m1/s1.